The Balaban J connectivity index is 2.27. The first-order chi connectivity index (χ1) is 9.41. The number of nitro groups is 1. The minimum absolute atomic E-state index is 0.0617. The maximum atomic E-state index is 11.0. The van der Waals surface area contributed by atoms with Crippen LogP contribution in [0.2, 0.25) is 0 Å². The van der Waals surface area contributed by atoms with E-state index >= 15 is 0 Å². The predicted molar refractivity (Wildman–Crippen MR) is 84.3 cm³/mol. The van der Waals surface area contributed by atoms with Crippen molar-refractivity contribution in [2.45, 2.75) is 25.0 Å². The van der Waals surface area contributed by atoms with E-state index in [1.807, 2.05) is 17.8 Å². The highest BCUT2D eigenvalue weighted by atomic mass is 32.2. The molecular formula is C13H20N4O2S. The molecule has 20 heavy (non-hydrogen) atoms. The Morgan fingerprint density at radius 1 is 1.40 bits per heavy atom. The van der Waals surface area contributed by atoms with Gasteiger partial charge in [0.25, 0.3) is 5.69 Å². The van der Waals surface area contributed by atoms with Crippen LogP contribution < -0.4 is 16.2 Å². The van der Waals surface area contributed by atoms with Gasteiger partial charge in [-0.05, 0) is 12.5 Å². The Morgan fingerprint density at radius 2 is 2.15 bits per heavy atom. The van der Waals surface area contributed by atoms with Crippen LogP contribution in [0.25, 0.3) is 0 Å². The van der Waals surface area contributed by atoms with Gasteiger partial charge in [0.05, 0.1) is 10.6 Å². The number of hydrogen-bond acceptors (Lipinski definition) is 6. The van der Waals surface area contributed by atoms with Gasteiger partial charge < -0.3 is 10.3 Å². The molecule has 0 bridgehead atoms. The molecule has 0 atom stereocenters. The number of thioether (sulfide) groups is 1. The maximum Gasteiger partial charge on any atom is 0.273 e. The van der Waals surface area contributed by atoms with Crippen LogP contribution in [-0.2, 0) is 0 Å². The van der Waals surface area contributed by atoms with Gasteiger partial charge in [-0.1, -0.05) is 13.8 Å². The molecule has 3 N–H and O–H groups in total. The largest absolute Gasteiger partial charge is 0.370 e. The summed E-state index contributed by atoms with van der Waals surface area (Å²) in [5, 5.41) is 11.0. The van der Waals surface area contributed by atoms with Crippen molar-refractivity contribution >= 4 is 28.8 Å². The van der Waals surface area contributed by atoms with Crippen molar-refractivity contribution in [1.82, 2.24) is 0 Å². The van der Waals surface area contributed by atoms with Crippen LogP contribution in [0, 0.1) is 10.1 Å². The first-order valence-electron chi connectivity index (χ1n) is 6.56. The van der Waals surface area contributed by atoms with Crippen molar-refractivity contribution in [2.75, 3.05) is 29.2 Å². The zero-order chi connectivity index (χ0) is 14.8. The fourth-order valence-corrected chi connectivity index (χ4v) is 3.34. The summed E-state index contributed by atoms with van der Waals surface area (Å²) in [5.74, 6) is 6.41. The van der Waals surface area contributed by atoms with Gasteiger partial charge in [-0.3, -0.25) is 16.0 Å². The SMILES string of the molecule is CC1(C)CCN(c2cc(NN)cc([N+](=O)[O-])c2)CCS1. The molecule has 110 valence electrons. The van der Waals surface area contributed by atoms with Crippen molar-refractivity contribution in [3.8, 4) is 0 Å². The lowest BCUT2D eigenvalue weighted by Gasteiger charge is -2.24. The van der Waals surface area contributed by atoms with E-state index in [-0.39, 0.29) is 15.4 Å². The third-order valence-electron chi connectivity index (χ3n) is 3.48. The second kappa shape index (κ2) is 5.88. The van der Waals surface area contributed by atoms with E-state index in [9.17, 15) is 10.1 Å². The number of anilines is 2. The lowest BCUT2D eigenvalue weighted by Crippen LogP contribution is -2.27. The molecule has 0 aliphatic carbocycles. The molecule has 1 heterocycles. The molecule has 1 saturated heterocycles. The molecule has 0 saturated carbocycles. The quantitative estimate of drug-likeness (QED) is 0.507. The molecule has 0 unspecified atom stereocenters. The Labute approximate surface area is 122 Å². The Morgan fingerprint density at radius 3 is 2.80 bits per heavy atom. The van der Waals surface area contributed by atoms with Gasteiger partial charge in [0.1, 0.15) is 0 Å². The van der Waals surface area contributed by atoms with Crippen LogP contribution in [0.3, 0.4) is 0 Å². The highest BCUT2D eigenvalue weighted by Crippen LogP contribution is 2.34. The number of nitro benzene ring substituents is 1. The summed E-state index contributed by atoms with van der Waals surface area (Å²) < 4.78 is 0.254. The number of non-ortho nitro benzene ring substituents is 1. The summed E-state index contributed by atoms with van der Waals surface area (Å²) in [6, 6.07) is 4.92. The van der Waals surface area contributed by atoms with E-state index in [2.05, 4.69) is 24.2 Å². The van der Waals surface area contributed by atoms with Crippen molar-refractivity contribution in [2.24, 2.45) is 5.84 Å². The van der Waals surface area contributed by atoms with Crippen LogP contribution in [0.4, 0.5) is 17.1 Å². The van der Waals surface area contributed by atoms with Gasteiger partial charge in [0.2, 0.25) is 0 Å². The van der Waals surface area contributed by atoms with Gasteiger partial charge in [-0.15, -0.1) is 0 Å². The van der Waals surface area contributed by atoms with Crippen LogP contribution in [0.1, 0.15) is 20.3 Å². The van der Waals surface area contributed by atoms with E-state index in [1.54, 1.807) is 6.07 Å². The molecule has 7 heteroatoms. The molecule has 1 aromatic rings. The van der Waals surface area contributed by atoms with Gasteiger partial charge in [-0.25, -0.2) is 0 Å². The minimum atomic E-state index is -0.388. The third kappa shape index (κ3) is 3.55. The summed E-state index contributed by atoms with van der Waals surface area (Å²) in [7, 11) is 0. The molecule has 0 spiro atoms. The van der Waals surface area contributed by atoms with Crippen molar-refractivity contribution in [3.05, 3.63) is 28.3 Å². The van der Waals surface area contributed by atoms with E-state index in [1.165, 1.54) is 6.07 Å². The van der Waals surface area contributed by atoms with Crippen LogP contribution >= 0.6 is 11.8 Å². The van der Waals surface area contributed by atoms with Gasteiger partial charge in [-0.2, -0.15) is 11.8 Å². The van der Waals surface area contributed by atoms with Gasteiger partial charge in [0, 0.05) is 41.4 Å². The molecule has 1 aromatic carbocycles. The van der Waals surface area contributed by atoms with Crippen molar-refractivity contribution < 1.29 is 4.92 Å². The molecule has 1 aliphatic heterocycles. The number of nitrogens with one attached hydrogen (secondary N) is 1. The first kappa shape index (κ1) is 14.9. The molecule has 0 aromatic heterocycles. The molecule has 0 radical (unpaired) electrons. The van der Waals surface area contributed by atoms with Gasteiger partial charge >= 0.3 is 0 Å². The predicted octanol–water partition coefficient (Wildman–Crippen LogP) is 2.60. The molecule has 2 rings (SSSR count). The van der Waals surface area contributed by atoms with Crippen LogP contribution in [0.15, 0.2) is 18.2 Å². The highest BCUT2D eigenvalue weighted by Gasteiger charge is 2.24. The lowest BCUT2D eigenvalue weighted by molar-refractivity contribution is -0.384. The molecule has 1 aliphatic rings. The van der Waals surface area contributed by atoms with E-state index in [4.69, 9.17) is 5.84 Å². The van der Waals surface area contributed by atoms with Crippen LogP contribution in [0.5, 0.6) is 0 Å². The number of hydrazine groups is 1. The topological polar surface area (TPSA) is 84.4 Å². The Bertz CT molecular complexity index is 507. The maximum absolute atomic E-state index is 11.0. The molecular weight excluding hydrogens is 276 g/mol. The lowest BCUT2D eigenvalue weighted by atomic mass is 10.1. The number of rotatable bonds is 3. The first-order valence-corrected chi connectivity index (χ1v) is 7.55. The van der Waals surface area contributed by atoms with E-state index < -0.39 is 0 Å². The summed E-state index contributed by atoms with van der Waals surface area (Å²) in [6.45, 7) is 6.26. The number of nitrogens with two attached hydrogens (primary N) is 1. The smallest absolute Gasteiger partial charge is 0.273 e. The second-order valence-corrected chi connectivity index (χ2v) is 7.29. The van der Waals surface area contributed by atoms with Crippen molar-refractivity contribution in [1.29, 1.82) is 0 Å². The summed E-state index contributed by atoms with van der Waals surface area (Å²) in [5.41, 5.74) is 3.97. The van der Waals surface area contributed by atoms with E-state index in [0.717, 1.165) is 31.0 Å². The number of nitrogen functional groups attached to an aromatic ring is 1. The normalized spacial score (nSPS) is 18.4. The minimum Gasteiger partial charge on any atom is -0.370 e. The Kier molecular flexibility index (Phi) is 4.39. The standard InChI is InChI=1S/C13H20N4O2S/c1-13(2)3-4-16(5-6-20-13)11-7-10(15-14)8-12(9-11)17(18)19/h7-9,15H,3-6,14H2,1-2H3. The zero-order valence-electron chi connectivity index (χ0n) is 11.8. The summed E-state index contributed by atoms with van der Waals surface area (Å²) >= 11 is 1.94. The third-order valence-corrected chi connectivity index (χ3v) is 4.86. The molecule has 6 nitrogen and oxygen atoms in total. The number of benzene rings is 1. The fraction of sp³-hybridized carbons (Fsp3) is 0.538. The van der Waals surface area contributed by atoms with Crippen LogP contribution in [-0.4, -0.2) is 28.5 Å². The molecule has 0 amide bonds. The number of hydrogen-bond donors (Lipinski definition) is 2. The second-order valence-electron chi connectivity index (χ2n) is 5.48. The summed E-state index contributed by atoms with van der Waals surface area (Å²) in [4.78, 5) is 12.8. The average molecular weight is 296 g/mol. The zero-order valence-corrected chi connectivity index (χ0v) is 12.6. The summed E-state index contributed by atoms with van der Waals surface area (Å²) in [6.07, 6.45) is 1.05. The van der Waals surface area contributed by atoms with Gasteiger partial charge in [0.15, 0.2) is 0 Å². The fourth-order valence-electron chi connectivity index (χ4n) is 2.24. The van der Waals surface area contributed by atoms with Crippen molar-refractivity contribution in [3.63, 3.8) is 0 Å². The number of nitrogens with zero attached hydrogens (tertiary/aromatic N) is 2. The van der Waals surface area contributed by atoms with E-state index in [0.29, 0.717) is 5.69 Å². The molecule has 1 fully saturated rings. The Hall–Kier alpha value is -1.47. The average Bonchev–Trinajstić information content (AvgIpc) is 2.59. The highest BCUT2D eigenvalue weighted by molar-refractivity contribution is 8.00. The monoisotopic (exact) mass is 296 g/mol.